The number of hydrogen-bond donors (Lipinski definition) is 1. The first-order chi connectivity index (χ1) is 57.1. The molecule has 14 heteroatoms. The van der Waals surface area contributed by atoms with Gasteiger partial charge in [-0.05, 0) is 163 Å². The topological polar surface area (TPSA) is 161 Å². The molecule has 0 fully saturated rings. The number of nitrogens with zero attached hydrogens (tertiary/aromatic N) is 3. The number of aromatic nitrogens is 3. The lowest BCUT2D eigenvalue weighted by molar-refractivity contribution is 0.111. The second kappa shape index (κ2) is 51.6. The fourth-order valence-electron chi connectivity index (χ4n) is 12.8. The standard InChI is InChI=1S/C24H24O2.C21H21NO3.C21H28O.C20H20N2O2S.C16H25NO/c1-2-3-4-17-26-24-15-13-23(14-16-24)22-11-9-21(10-12-22)20-7-5-19(18-25)6-8-20;1-2-3-4-13-24-19-11-9-18(10-12-19)21-14-20(22-25-21)17-7-5-16(15-23)6-8-17;1-3-4-5-6-7-8-17-22-21-15-13-20(14-16-21)19-11-9-18(2)10-12-19;1-2-3-4-13-24-18-11-9-17(10-12-18)20-22-21-19(25-20)16-7-5-15(14-23)6-8-16;1-2-3-4-5-6-7-12-18-15-9-8-14-10-11-17-16(14)13-15/h5-16,18H,2-4,17H2,1H3;5-12,14-15H,2-4,13H2,1H3;9-16H,3-8,17H2,1-2H3;5-12,14H,2-4,13H2,1H3;8-9,13,17H,2-7,10-12H2,1H3. The van der Waals surface area contributed by atoms with Crippen LogP contribution in [-0.4, -0.2) is 73.8 Å². The average molecular weight is 1580 g/mol. The quantitative estimate of drug-likeness (QED) is 0.0285. The van der Waals surface area contributed by atoms with E-state index in [0.29, 0.717) is 22.5 Å². The van der Waals surface area contributed by atoms with Crippen LogP contribution in [0.15, 0.2) is 247 Å². The highest BCUT2D eigenvalue weighted by Crippen LogP contribution is 2.34. The molecule has 13 nitrogen and oxygen atoms in total. The number of unbranched alkanes of at least 4 members (excludes halogenated alkanes) is 16. The molecule has 116 heavy (non-hydrogen) atoms. The van der Waals surface area contributed by atoms with Crippen LogP contribution in [0.25, 0.3) is 77.1 Å². The van der Waals surface area contributed by atoms with Crippen LogP contribution in [0.4, 0.5) is 5.69 Å². The number of aryl methyl sites for hydroxylation is 1. The van der Waals surface area contributed by atoms with Gasteiger partial charge in [-0.25, -0.2) is 0 Å². The highest BCUT2D eigenvalue weighted by atomic mass is 32.1. The highest BCUT2D eigenvalue weighted by Gasteiger charge is 2.14. The first-order valence-corrected chi connectivity index (χ1v) is 43.0. The van der Waals surface area contributed by atoms with Gasteiger partial charge in [-0.2, -0.15) is 0 Å². The number of anilines is 1. The Bertz CT molecular complexity index is 4560. The molecule has 0 saturated carbocycles. The predicted octanol–water partition coefficient (Wildman–Crippen LogP) is 27.8. The Morgan fingerprint density at radius 1 is 0.328 bits per heavy atom. The van der Waals surface area contributed by atoms with Crippen molar-refractivity contribution in [1.29, 1.82) is 0 Å². The summed E-state index contributed by atoms with van der Waals surface area (Å²) in [6.45, 7) is 18.2. The summed E-state index contributed by atoms with van der Waals surface area (Å²) in [7, 11) is 0. The van der Waals surface area contributed by atoms with Gasteiger partial charge in [0.1, 0.15) is 63.3 Å². The number of aldehydes is 3. The third kappa shape index (κ3) is 30.8. The molecular weight excluding hydrogens is 1460 g/mol. The van der Waals surface area contributed by atoms with E-state index in [4.69, 9.17) is 28.2 Å². The van der Waals surface area contributed by atoms with Gasteiger partial charge in [0.15, 0.2) is 5.76 Å². The minimum Gasteiger partial charge on any atom is -0.494 e. The highest BCUT2D eigenvalue weighted by molar-refractivity contribution is 7.17. The summed E-state index contributed by atoms with van der Waals surface area (Å²) in [5.74, 6) is 5.36. The number of carbonyl (C=O) groups is 3. The van der Waals surface area contributed by atoms with E-state index >= 15 is 0 Å². The Morgan fingerprint density at radius 3 is 1.01 bits per heavy atom. The van der Waals surface area contributed by atoms with Crippen molar-refractivity contribution in [3.63, 3.8) is 0 Å². The van der Waals surface area contributed by atoms with E-state index in [0.717, 1.165) is 168 Å². The average Bonchev–Trinajstić information content (AvgIpc) is 1.47. The van der Waals surface area contributed by atoms with E-state index in [1.807, 2.05) is 115 Å². The predicted molar refractivity (Wildman–Crippen MR) is 480 cm³/mol. The molecular formula is C102H118N4O9S. The molecule has 0 saturated heterocycles. The normalized spacial score (nSPS) is 11.0. The molecule has 13 rings (SSSR count). The zero-order valence-corrected chi connectivity index (χ0v) is 69.9. The van der Waals surface area contributed by atoms with Crippen LogP contribution in [0.3, 0.4) is 0 Å². The molecule has 2 aromatic heterocycles. The van der Waals surface area contributed by atoms with E-state index in [2.05, 4.69) is 165 Å². The van der Waals surface area contributed by atoms with Crippen LogP contribution in [0.1, 0.15) is 212 Å². The SMILES string of the molecule is CCCCCCCCOc1ccc(-c2ccc(C)cc2)cc1.CCCCCCCCOc1ccc2c(c1)NCC2.CCCCCOc1ccc(-c2cc(-c3ccc(C=O)cc3)no2)cc1.CCCCCOc1ccc(-c2ccc(-c3ccc(C=O)cc3)cc2)cc1.CCCCCOc1ccc(-c2nnc(-c3ccc(C=O)cc3)s2)cc1. The Labute approximate surface area is 693 Å². The molecule has 0 unspecified atom stereocenters. The maximum atomic E-state index is 10.8. The fourth-order valence-corrected chi connectivity index (χ4v) is 13.7. The molecule has 0 radical (unpaired) electrons. The van der Waals surface area contributed by atoms with Crippen molar-refractivity contribution >= 4 is 35.9 Å². The number of benzene rings is 10. The van der Waals surface area contributed by atoms with E-state index in [1.165, 1.54) is 160 Å². The molecule has 606 valence electrons. The van der Waals surface area contributed by atoms with Crippen LogP contribution in [0.5, 0.6) is 28.7 Å². The molecule has 0 atom stereocenters. The van der Waals surface area contributed by atoms with Crippen molar-refractivity contribution in [2.45, 2.75) is 183 Å². The molecule has 1 aliphatic heterocycles. The second-order valence-electron chi connectivity index (χ2n) is 29.1. The van der Waals surface area contributed by atoms with Gasteiger partial charge in [0, 0.05) is 63.3 Å². The van der Waals surface area contributed by atoms with E-state index in [-0.39, 0.29) is 0 Å². The second-order valence-corrected chi connectivity index (χ2v) is 30.1. The first kappa shape index (κ1) is 88.7. The van der Waals surface area contributed by atoms with Gasteiger partial charge in [0.05, 0.1) is 33.0 Å². The largest absolute Gasteiger partial charge is 0.494 e. The monoisotopic (exact) mass is 1570 g/mol. The molecule has 10 aromatic carbocycles. The summed E-state index contributed by atoms with van der Waals surface area (Å²) in [5.41, 5.74) is 17.7. The van der Waals surface area contributed by atoms with Crippen LogP contribution in [0.2, 0.25) is 0 Å². The van der Waals surface area contributed by atoms with Crippen LogP contribution < -0.4 is 29.0 Å². The van der Waals surface area contributed by atoms with E-state index in [9.17, 15) is 14.4 Å². The van der Waals surface area contributed by atoms with Crippen molar-refractivity contribution in [2.75, 3.05) is 44.9 Å². The third-order valence-electron chi connectivity index (χ3n) is 19.9. The van der Waals surface area contributed by atoms with E-state index < -0.39 is 0 Å². The Balaban J connectivity index is 0.000000167. The zero-order valence-electron chi connectivity index (χ0n) is 69.0. The van der Waals surface area contributed by atoms with Gasteiger partial charge >= 0.3 is 0 Å². The Kier molecular flexibility index (Phi) is 39.5. The summed E-state index contributed by atoms with van der Waals surface area (Å²) >= 11 is 1.53. The molecule has 1 N–H and O–H groups in total. The van der Waals surface area contributed by atoms with Crippen molar-refractivity contribution in [2.24, 2.45) is 0 Å². The summed E-state index contributed by atoms with van der Waals surface area (Å²) in [4.78, 5) is 32.2. The van der Waals surface area contributed by atoms with Gasteiger partial charge < -0.3 is 33.5 Å². The molecule has 0 amide bonds. The van der Waals surface area contributed by atoms with Gasteiger partial charge in [0.25, 0.3) is 0 Å². The minimum absolute atomic E-state index is 0.641. The lowest BCUT2D eigenvalue weighted by Crippen LogP contribution is -1.98. The number of fused-ring (bicyclic) bond motifs is 1. The number of rotatable bonds is 41. The van der Waals surface area contributed by atoms with Crippen molar-refractivity contribution in [1.82, 2.24) is 15.4 Å². The fraction of sp³-hybridized carbons (Fsp3) is 0.333. The molecule has 1 aliphatic rings. The summed E-state index contributed by atoms with van der Waals surface area (Å²) in [5, 5.41) is 17.7. The molecule has 12 aromatic rings. The van der Waals surface area contributed by atoms with Crippen LogP contribution in [0, 0.1) is 6.92 Å². The number of hydrogen-bond acceptors (Lipinski definition) is 14. The van der Waals surface area contributed by atoms with Crippen LogP contribution in [-0.2, 0) is 6.42 Å². The zero-order chi connectivity index (χ0) is 81.4. The van der Waals surface area contributed by atoms with Gasteiger partial charge in [-0.3, -0.25) is 14.4 Å². The smallest absolute Gasteiger partial charge is 0.167 e. The number of carbonyl (C=O) groups excluding carboxylic acids is 3. The van der Waals surface area contributed by atoms with Gasteiger partial charge in [-0.15, -0.1) is 10.2 Å². The number of nitrogens with one attached hydrogen (secondary N) is 1. The van der Waals surface area contributed by atoms with Crippen LogP contribution >= 0.6 is 11.3 Å². The lowest BCUT2D eigenvalue weighted by atomic mass is 10.00. The molecule has 0 aliphatic carbocycles. The van der Waals surface area contributed by atoms with E-state index in [1.54, 1.807) is 24.3 Å². The van der Waals surface area contributed by atoms with Crippen molar-refractivity contribution in [3.05, 3.63) is 270 Å². The van der Waals surface area contributed by atoms with Crippen molar-refractivity contribution in [3.8, 4) is 106 Å². The summed E-state index contributed by atoms with van der Waals surface area (Å²) in [6, 6.07) is 80.2. The van der Waals surface area contributed by atoms with Gasteiger partial charge in [-0.1, -0.05) is 311 Å². The maximum Gasteiger partial charge on any atom is 0.167 e. The summed E-state index contributed by atoms with van der Waals surface area (Å²) < 4.78 is 34.3. The Hall–Kier alpha value is -11.2. The first-order valence-electron chi connectivity index (χ1n) is 42.2. The van der Waals surface area contributed by atoms with Crippen molar-refractivity contribution < 1.29 is 42.6 Å². The third-order valence-corrected chi connectivity index (χ3v) is 20.9. The molecule has 0 spiro atoms. The molecule has 0 bridgehead atoms. The maximum absolute atomic E-state index is 10.8. The summed E-state index contributed by atoms with van der Waals surface area (Å²) in [6.07, 6.45) is 29.8. The minimum atomic E-state index is 0.641. The van der Waals surface area contributed by atoms with Gasteiger partial charge in [0.2, 0.25) is 0 Å². The molecule has 3 heterocycles. The Morgan fingerprint density at radius 2 is 0.621 bits per heavy atom. The lowest BCUT2D eigenvalue weighted by Gasteiger charge is -2.08. The number of ether oxygens (including phenoxy) is 5.